The van der Waals surface area contributed by atoms with Crippen LogP contribution in [-0.4, -0.2) is 38.4 Å². The summed E-state index contributed by atoms with van der Waals surface area (Å²) in [6, 6.07) is 5.55. The van der Waals surface area contributed by atoms with Crippen molar-refractivity contribution in [3.63, 3.8) is 0 Å². The quantitative estimate of drug-likeness (QED) is 0.391. The molecule has 0 amide bonds. The SMILES string of the molecule is CCNC(=NCc1ccc2c(c1)OCCCO2)NCCC(F)(F)F.I. The highest BCUT2D eigenvalue weighted by molar-refractivity contribution is 14.0. The lowest BCUT2D eigenvalue weighted by Crippen LogP contribution is -2.38. The molecule has 0 unspecified atom stereocenters. The van der Waals surface area contributed by atoms with Crippen molar-refractivity contribution in [1.82, 2.24) is 10.6 Å². The first-order valence-electron chi connectivity index (χ1n) is 7.95. The highest BCUT2D eigenvalue weighted by atomic mass is 127. The van der Waals surface area contributed by atoms with E-state index >= 15 is 0 Å². The summed E-state index contributed by atoms with van der Waals surface area (Å²) in [6.07, 6.45) is -4.25. The van der Waals surface area contributed by atoms with Crippen LogP contribution in [0.3, 0.4) is 0 Å². The molecule has 0 aromatic heterocycles. The summed E-state index contributed by atoms with van der Waals surface area (Å²) in [7, 11) is 0. The van der Waals surface area contributed by atoms with Crippen LogP contribution in [0.25, 0.3) is 0 Å². The molecule has 2 N–H and O–H groups in total. The zero-order valence-electron chi connectivity index (χ0n) is 14.0. The maximum atomic E-state index is 12.2. The van der Waals surface area contributed by atoms with Crippen molar-refractivity contribution in [1.29, 1.82) is 0 Å². The van der Waals surface area contributed by atoms with Gasteiger partial charge in [0.2, 0.25) is 0 Å². The van der Waals surface area contributed by atoms with Gasteiger partial charge in [0.15, 0.2) is 17.5 Å². The van der Waals surface area contributed by atoms with E-state index in [2.05, 4.69) is 15.6 Å². The smallest absolute Gasteiger partial charge is 0.390 e. The molecule has 0 aliphatic carbocycles. The topological polar surface area (TPSA) is 54.9 Å². The minimum absolute atomic E-state index is 0. The van der Waals surface area contributed by atoms with Crippen molar-refractivity contribution in [2.75, 3.05) is 26.3 Å². The maximum Gasteiger partial charge on any atom is 0.390 e. The van der Waals surface area contributed by atoms with Gasteiger partial charge in [-0.15, -0.1) is 24.0 Å². The van der Waals surface area contributed by atoms with Gasteiger partial charge in [-0.1, -0.05) is 6.07 Å². The summed E-state index contributed by atoms with van der Waals surface area (Å²) in [5.41, 5.74) is 0.896. The number of nitrogens with zero attached hydrogens (tertiary/aromatic N) is 1. The molecule has 0 spiro atoms. The first kappa shape index (κ1) is 21.7. The molecular formula is C16H23F3IN3O2. The second-order valence-electron chi connectivity index (χ2n) is 5.32. The third-order valence-corrected chi connectivity index (χ3v) is 3.28. The monoisotopic (exact) mass is 473 g/mol. The fourth-order valence-corrected chi connectivity index (χ4v) is 2.14. The van der Waals surface area contributed by atoms with E-state index in [1.807, 2.05) is 25.1 Å². The fourth-order valence-electron chi connectivity index (χ4n) is 2.14. The molecule has 142 valence electrons. The van der Waals surface area contributed by atoms with E-state index in [9.17, 15) is 13.2 Å². The van der Waals surface area contributed by atoms with E-state index < -0.39 is 12.6 Å². The van der Waals surface area contributed by atoms with Crippen LogP contribution in [0.2, 0.25) is 0 Å². The summed E-state index contributed by atoms with van der Waals surface area (Å²) in [4.78, 5) is 4.31. The predicted octanol–water partition coefficient (Wildman–Crippen LogP) is 3.47. The molecule has 0 atom stereocenters. The van der Waals surface area contributed by atoms with Crippen LogP contribution in [0, 0.1) is 0 Å². The molecule has 1 aromatic carbocycles. The van der Waals surface area contributed by atoms with E-state index in [4.69, 9.17) is 9.47 Å². The average Bonchev–Trinajstić information content (AvgIpc) is 2.76. The second-order valence-corrected chi connectivity index (χ2v) is 5.32. The Kier molecular flexibility index (Phi) is 9.15. The fraction of sp³-hybridized carbons (Fsp3) is 0.562. The summed E-state index contributed by atoms with van der Waals surface area (Å²) in [5, 5.41) is 5.61. The normalized spacial score (nSPS) is 14.3. The molecular weight excluding hydrogens is 450 g/mol. The summed E-state index contributed by atoms with van der Waals surface area (Å²) in [5.74, 6) is 1.74. The summed E-state index contributed by atoms with van der Waals surface area (Å²) < 4.78 is 47.8. The molecule has 0 saturated carbocycles. The number of aliphatic imine (C=N–C) groups is 1. The van der Waals surface area contributed by atoms with Gasteiger partial charge in [-0.3, -0.25) is 0 Å². The third-order valence-electron chi connectivity index (χ3n) is 3.28. The molecule has 1 aromatic rings. The molecule has 0 fully saturated rings. The van der Waals surface area contributed by atoms with E-state index in [1.165, 1.54) is 0 Å². The van der Waals surface area contributed by atoms with Crippen LogP contribution < -0.4 is 20.1 Å². The van der Waals surface area contributed by atoms with Crippen molar-refractivity contribution in [2.45, 2.75) is 32.5 Å². The summed E-state index contributed by atoms with van der Waals surface area (Å²) >= 11 is 0. The Hall–Kier alpha value is -1.39. The molecule has 0 saturated heterocycles. The number of benzene rings is 1. The summed E-state index contributed by atoms with van der Waals surface area (Å²) in [6.45, 7) is 3.77. The lowest BCUT2D eigenvalue weighted by Gasteiger charge is -2.13. The van der Waals surface area contributed by atoms with Crippen molar-refractivity contribution >= 4 is 29.9 Å². The van der Waals surface area contributed by atoms with E-state index in [0.717, 1.165) is 12.0 Å². The number of nitrogens with one attached hydrogen (secondary N) is 2. The van der Waals surface area contributed by atoms with Gasteiger partial charge >= 0.3 is 6.18 Å². The lowest BCUT2D eigenvalue weighted by atomic mass is 10.2. The van der Waals surface area contributed by atoms with Gasteiger partial charge in [0, 0.05) is 19.5 Å². The highest BCUT2D eigenvalue weighted by Gasteiger charge is 2.26. The Balaban J connectivity index is 0.00000312. The van der Waals surface area contributed by atoms with Gasteiger partial charge in [-0.2, -0.15) is 13.2 Å². The zero-order chi connectivity index (χ0) is 17.4. The number of rotatable bonds is 5. The minimum atomic E-state index is -4.18. The molecule has 1 aliphatic rings. The Morgan fingerprint density at radius 3 is 2.56 bits per heavy atom. The first-order chi connectivity index (χ1) is 11.5. The number of halogens is 4. The third kappa shape index (κ3) is 8.02. The van der Waals surface area contributed by atoms with Crippen molar-refractivity contribution < 1.29 is 22.6 Å². The highest BCUT2D eigenvalue weighted by Crippen LogP contribution is 2.30. The molecule has 0 radical (unpaired) electrons. The second kappa shape index (κ2) is 10.6. The zero-order valence-corrected chi connectivity index (χ0v) is 16.3. The maximum absolute atomic E-state index is 12.2. The largest absolute Gasteiger partial charge is 0.490 e. The molecule has 0 bridgehead atoms. The standard InChI is InChI=1S/C16H22F3N3O2.HI/c1-2-20-15(21-7-6-16(17,18)19)22-11-12-4-5-13-14(10-12)24-9-3-8-23-13;/h4-5,10H,2-3,6-9,11H2,1H3,(H2,20,21,22);1H. The number of alkyl halides is 3. The van der Waals surface area contributed by atoms with Crippen LogP contribution in [0.15, 0.2) is 23.2 Å². The number of hydrogen-bond donors (Lipinski definition) is 2. The molecule has 1 aliphatic heterocycles. The van der Waals surface area contributed by atoms with Gasteiger partial charge in [0.1, 0.15) is 0 Å². The van der Waals surface area contributed by atoms with Crippen LogP contribution >= 0.6 is 24.0 Å². The number of ether oxygens (including phenoxy) is 2. The number of guanidine groups is 1. The number of hydrogen-bond acceptors (Lipinski definition) is 3. The molecule has 1 heterocycles. The van der Waals surface area contributed by atoms with Crippen molar-refractivity contribution in [2.24, 2.45) is 4.99 Å². The molecule has 5 nitrogen and oxygen atoms in total. The van der Waals surface area contributed by atoms with Crippen LogP contribution in [0.1, 0.15) is 25.3 Å². The van der Waals surface area contributed by atoms with Crippen molar-refractivity contribution in [3.05, 3.63) is 23.8 Å². The van der Waals surface area contributed by atoms with Crippen LogP contribution in [0.4, 0.5) is 13.2 Å². The van der Waals surface area contributed by atoms with E-state index in [1.54, 1.807) is 0 Å². The van der Waals surface area contributed by atoms with Gasteiger partial charge in [-0.25, -0.2) is 4.99 Å². The first-order valence-corrected chi connectivity index (χ1v) is 7.95. The van der Waals surface area contributed by atoms with E-state index in [-0.39, 0.29) is 30.5 Å². The molecule has 9 heteroatoms. The molecule has 2 rings (SSSR count). The van der Waals surface area contributed by atoms with Gasteiger partial charge in [0.05, 0.1) is 26.2 Å². The van der Waals surface area contributed by atoms with Crippen molar-refractivity contribution in [3.8, 4) is 11.5 Å². The lowest BCUT2D eigenvalue weighted by molar-refractivity contribution is -0.132. The predicted molar refractivity (Wildman–Crippen MR) is 101 cm³/mol. The van der Waals surface area contributed by atoms with Gasteiger partial charge in [-0.05, 0) is 24.6 Å². The Morgan fingerprint density at radius 2 is 1.88 bits per heavy atom. The number of fused-ring (bicyclic) bond motifs is 1. The average molecular weight is 473 g/mol. The van der Waals surface area contributed by atoms with E-state index in [0.29, 0.717) is 43.8 Å². The van der Waals surface area contributed by atoms with Crippen LogP contribution in [0.5, 0.6) is 11.5 Å². The Morgan fingerprint density at radius 1 is 1.16 bits per heavy atom. The van der Waals surface area contributed by atoms with Gasteiger partial charge < -0.3 is 20.1 Å². The van der Waals surface area contributed by atoms with Crippen LogP contribution in [-0.2, 0) is 6.54 Å². The Labute approximate surface area is 162 Å². The Bertz CT molecular complexity index is 568. The molecule has 25 heavy (non-hydrogen) atoms. The van der Waals surface area contributed by atoms with Gasteiger partial charge in [0.25, 0.3) is 0 Å². The minimum Gasteiger partial charge on any atom is -0.490 e.